The van der Waals surface area contributed by atoms with Crippen molar-refractivity contribution in [3.63, 3.8) is 0 Å². The molecule has 0 spiro atoms. The van der Waals surface area contributed by atoms with E-state index >= 15 is 0 Å². The summed E-state index contributed by atoms with van der Waals surface area (Å²) in [5, 5.41) is 2.17. The molecule has 1 rings (SSSR count). The average molecular weight is 263 g/mol. The zero-order chi connectivity index (χ0) is 9.84. The van der Waals surface area contributed by atoms with Crippen LogP contribution in [-0.2, 0) is 4.79 Å². The molecule has 0 aliphatic rings. The number of nitrogens with one attached hydrogen (secondary N) is 1. The lowest BCUT2D eigenvalue weighted by Crippen LogP contribution is -2.20. The second-order valence-corrected chi connectivity index (χ2v) is 4.09. The smallest absolute Gasteiger partial charge is 0.242 e. The second-order valence-electron chi connectivity index (χ2n) is 2.59. The molecule has 0 radical (unpaired) electrons. The van der Waals surface area contributed by atoms with Crippen LogP contribution in [0.1, 0.15) is 6.92 Å². The van der Waals surface area contributed by atoms with E-state index in [1.54, 1.807) is 13.0 Å². The number of rotatable bonds is 2. The maximum absolute atomic E-state index is 11.2. The molecule has 1 N–H and O–H groups in total. The zero-order valence-corrected chi connectivity index (χ0v) is 9.39. The summed E-state index contributed by atoms with van der Waals surface area (Å²) in [6.45, 7) is 1.63. The van der Waals surface area contributed by atoms with Gasteiger partial charge in [-0.15, -0.1) is 11.6 Å². The van der Waals surface area contributed by atoms with Crippen molar-refractivity contribution in [1.29, 1.82) is 0 Å². The van der Waals surface area contributed by atoms with Crippen molar-refractivity contribution in [2.45, 2.75) is 12.3 Å². The molecule has 0 saturated heterocycles. The van der Waals surface area contributed by atoms with Gasteiger partial charge in [-0.05, 0) is 35.0 Å². The van der Waals surface area contributed by atoms with Crippen LogP contribution in [-0.4, -0.2) is 11.3 Å². The lowest BCUT2D eigenvalue weighted by atomic mass is 10.3. The molecule has 1 unspecified atom stereocenters. The van der Waals surface area contributed by atoms with Crippen LogP contribution in [0, 0.1) is 0 Å². The summed E-state index contributed by atoms with van der Waals surface area (Å²) in [6.07, 6.45) is 0. The van der Waals surface area contributed by atoms with Gasteiger partial charge in [0.2, 0.25) is 5.91 Å². The van der Waals surface area contributed by atoms with Gasteiger partial charge in [-0.25, -0.2) is 0 Å². The zero-order valence-electron chi connectivity index (χ0n) is 7.05. The average Bonchev–Trinajstić information content (AvgIpc) is 2.08. The van der Waals surface area contributed by atoms with E-state index in [0.717, 1.165) is 10.2 Å². The fraction of sp³-hybridized carbons (Fsp3) is 0.222. The summed E-state index contributed by atoms with van der Waals surface area (Å²) < 4.78 is 0.848. The van der Waals surface area contributed by atoms with Gasteiger partial charge < -0.3 is 5.32 Å². The number of hydrogen-bond donors (Lipinski definition) is 1. The van der Waals surface area contributed by atoms with Gasteiger partial charge in [-0.3, -0.25) is 4.79 Å². The molecule has 1 aromatic rings. The standard InChI is InChI=1S/C9H9BrClNO/c1-6(11)9(13)12-8-5-3-2-4-7(8)10/h2-6H,1H3,(H,12,13). The number of anilines is 1. The summed E-state index contributed by atoms with van der Waals surface area (Å²) in [5.74, 6) is -0.200. The van der Waals surface area contributed by atoms with Crippen LogP contribution in [0.15, 0.2) is 28.7 Å². The number of halogens is 2. The van der Waals surface area contributed by atoms with Crippen LogP contribution in [0.3, 0.4) is 0 Å². The number of amides is 1. The minimum atomic E-state index is -0.521. The molecular formula is C9H9BrClNO. The van der Waals surface area contributed by atoms with Crippen molar-refractivity contribution < 1.29 is 4.79 Å². The SMILES string of the molecule is CC(Cl)C(=O)Nc1ccccc1Br. The molecule has 4 heteroatoms. The molecule has 0 fully saturated rings. The fourth-order valence-electron chi connectivity index (χ4n) is 0.795. The van der Waals surface area contributed by atoms with E-state index in [1.807, 2.05) is 18.2 Å². The Kier molecular flexibility index (Phi) is 3.75. The van der Waals surface area contributed by atoms with E-state index in [2.05, 4.69) is 21.2 Å². The van der Waals surface area contributed by atoms with E-state index in [9.17, 15) is 4.79 Å². The fourth-order valence-corrected chi connectivity index (χ4v) is 1.23. The van der Waals surface area contributed by atoms with Gasteiger partial charge in [0, 0.05) is 4.47 Å². The maximum Gasteiger partial charge on any atom is 0.242 e. The van der Waals surface area contributed by atoms with E-state index in [4.69, 9.17) is 11.6 Å². The number of hydrogen-bond acceptors (Lipinski definition) is 1. The Balaban J connectivity index is 2.75. The first-order valence-corrected chi connectivity index (χ1v) is 5.03. The highest BCUT2D eigenvalue weighted by Gasteiger charge is 2.09. The van der Waals surface area contributed by atoms with Gasteiger partial charge in [0.15, 0.2) is 0 Å². The molecule has 2 nitrogen and oxygen atoms in total. The summed E-state index contributed by atoms with van der Waals surface area (Å²) in [4.78, 5) is 11.2. The maximum atomic E-state index is 11.2. The van der Waals surface area contributed by atoms with Crippen molar-refractivity contribution in [2.24, 2.45) is 0 Å². The van der Waals surface area contributed by atoms with Crippen LogP contribution < -0.4 is 5.32 Å². The first-order chi connectivity index (χ1) is 6.11. The highest BCUT2D eigenvalue weighted by atomic mass is 79.9. The molecule has 13 heavy (non-hydrogen) atoms. The highest BCUT2D eigenvalue weighted by molar-refractivity contribution is 9.10. The van der Waals surface area contributed by atoms with Crippen molar-refractivity contribution in [3.05, 3.63) is 28.7 Å². The second kappa shape index (κ2) is 4.63. The van der Waals surface area contributed by atoms with Crippen LogP contribution >= 0.6 is 27.5 Å². The van der Waals surface area contributed by atoms with Gasteiger partial charge in [0.05, 0.1) is 5.69 Å². The summed E-state index contributed by atoms with van der Waals surface area (Å²) in [7, 11) is 0. The van der Waals surface area contributed by atoms with Gasteiger partial charge in [-0.2, -0.15) is 0 Å². The molecule has 0 saturated carbocycles. The Morgan fingerprint density at radius 3 is 2.69 bits per heavy atom. The Bertz CT molecular complexity index is 314. The van der Waals surface area contributed by atoms with E-state index < -0.39 is 5.38 Å². The molecule has 0 bridgehead atoms. The summed E-state index contributed by atoms with van der Waals surface area (Å²) in [5.41, 5.74) is 0.736. The molecule has 1 amide bonds. The lowest BCUT2D eigenvalue weighted by molar-refractivity contribution is -0.115. The molecule has 0 aliphatic heterocycles. The Hall–Kier alpha value is -0.540. The van der Waals surface area contributed by atoms with Crippen molar-refractivity contribution >= 4 is 39.1 Å². The third-order valence-electron chi connectivity index (χ3n) is 1.49. The molecular weight excluding hydrogens is 253 g/mol. The molecule has 0 aliphatic carbocycles. The first-order valence-electron chi connectivity index (χ1n) is 3.80. The molecule has 0 aromatic heterocycles. The molecule has 1 atom stereocenters. The Morgan fingerprint density at radius 2 is 2.15 bits per heavy atom. The number of alkyl halides is 1. The van der Waals surface area contributed by atoms with Crippen LogP contribution in [0.5, 0.6) is 0 Å². The van der Waals surface area contributed by atoms with Gasteiger partial charge in [0.25, 0.3) is 0 Å². The van der Waals surface area contributed by atoms with Crippen molar-refractivity contribution in [2.75, 3.05) is 5.32 Å². The van der Waals surface area contributed by atoms with Crippen molar-refractivity contribution in [1.82, 2.24) is 0 Å². The van der Waals surface area contributed by atoms with E-state index in [-0.39, 0.29) is 5.91 Å². The minimum Gasteiger partial charge on any atom is -0.324 e. The number of carbonyl (C=O) groups is 1. The van der Waals surface area contributed by atoms with Crippen LogP contribution in [0.2, 0.25) is 0 Å². The predicted octanol–water partition coefficient (Wildman–Crippen LogP) is 3.01. The van der Waals surface area contributed by atoms with E-state index in [0.29, 0.717) is 0 Å². The Morgan fingerprint density at radius 1 is 1.54 bits per heavy atom. The summed E-state index contributed by atoms with van der Waals surface area (Å²) >= 11 is 8.92. The number of para-hydroxylation sites is 1. The molecule has 0 heterocycles. The third kappa shape index (κ3) is 3.01. The third-order valence-corrected chi connectivity index (χ3v) is 2.38. The van der Waals surface area contributed by atoms with Gasteiger partial charge in [-0.1, -0.05) is 12.1 Å². The number of benzene rings is 1. The Labute approximate surface area is 90.4 Å². The minimum absolute atomic E-state index is 0.200. The molecule has 70 valence electrons. The normalized spacial score (nSPS) is 12.2. The largest absolute Gasteiger partial charge is 0.324 e. The monoisotopic (exact) mass is 261 g/mol. The number of carbonyl (C=O) groups excluding carboxylic acids is 1. The lowest BCUT2D eigenvalue weighted by Gasteiger charge is -2.07. The first kappa shape index (κ1) is 10.5. The van der Waals surface area contributed by atoms with E-state index in [1.165, 1.54) is 0 Å². The van der Waals surface area contributed by atoms with Gasteiger partial charge >= 0.3 is 0 Å². The predicted molar refractivity (Wildman–Crippen MR) is 58.1 cm³/mol. The van der Waals surface area contributed by atoms with Crippen LogP contribution in [0.25, 0.3) is 0 Å². The van der Waals surface area contributed by atoms with Crippen LogP contribution in [0.4, 0.5) is 5.69 Å². The quantitative estimate of drug-likeness (QED) is 0.816. The van der Waals surface area contributed by atoms with Gasteiger partial charge in [0.1, 0.15) is 5.38 Å². The molecule has 1 aromatic carbocycles. The highest BCUT2D eigenvalue weighted by Crippen LogP contribution is 2.21. The summed E-state index contributed by atoms with van der Waals surface area (Å²) in [6, 6.07) is 7.39. The topological polar surface area (TPSA) is 29.1 Å². The van der Waals surface area contributed by atoms with Crippen molar-refractivity contribution in [3.8, 4) is 0 Å².